The van der Waals surface area contributed by atoms with E-state index in [0.29, 0.717) is 23.5 Å². The van der Waals surface area contributed by atoms with Gasteiger partial charge in [-0.05, 0) is 31.0 Å². The highest BCUT2D eigenvalue weighted by molar-refractivity contribution is 6.07. The molecule has 2 atom stereocenters. The summed E-state index contributed by atoms with van der Waals surface area (Å²) in [4.78, 5) is 26.2. The van der Waals surface area contributed by atoms with Crippen molar-refractivity contribution >= 4 is 11.9 Å². The number of urea groups is 1. The van der Waals surface area contributed by atoms with Crippen LogP contribution in [0.2, 0.25) is 0 Å². The van der Waals surface area contributed by atoms with Gasteiger partial charge >= 0.3 is 6.03 Å². The molecule has 25 heavy (non-hydrogen) atoms. The van der Waals surface area contributed by atoms with E-state index in [1.54, 1.807) is 25.1 Å². The summed E-state index contributed by atoms with van der Waals surface area (Å²) >= 11 is 0. The van der Waals surface area contributed by atoms with Gasteiger partial charge in [0, 0.05) is 13.0 Å². The van der Waals surface area contributed by atoms with Crippen molar-refractivity contribution in [3.63, 3.8) is 0 Å². The fraction of sp³-hybridized carbons (Fsp3) is 0.412. The summed E-state index contributed by atoms with van der Waals surface area (Å²) < 4.78 is 10.6. The number of nitrogens with one attached hydrogen (secondary N) is 1. The van der Waals surface area contributed by atoms with Gasteiger partial charge in [0.15, 0.2) is 11.5 Å². The van der Waals surface area contributed by atoms with E-state index >= 15 is 0 Å². The van der Waals surface area contributed by atoms with E-state index in [-0.39, 0.29) is 19.8 Å². The molecule has 0 saturated carbocycles. The van der Waals surface area contributed by atoms with E-state index in [1.165, 1.54) is 0 Å². The summed E-state index contributed by atoms with van der Waals surface area (Å²) in [7, 11) is 0. The molecule has 1 N–H and O–H groups in total. The van der Waals surface area contributed by atoms with Crippen molar-refractivity contribution < 1.29 is 19.1 Å². The lowest BCUT2D eigenvalue weighted by atomic mass is 9.91. The van der Waals surface area contributed by atoms with Crippen molar-refractivity contribution in [1.29, 1.82) is 10.5 Å². The van der Waals surface area contributed by atoms with Crippen molar-refractivity contribution in [1.82, 2.24) is 10.2 Å². The minimum absolute atomic E-state index is 0.0387. The molecule has 2 aliphatic heterocycles. The lowest BCUT2D eigenvalue weighted by molar-refractivity contribution is -0.131. The molecule has 8 nitrogen and oxygen atoms in total. The van der Waals surface area contributed by atoms with Crippen LogP contribution in [-0.2, 0) is 10.3 Å². The van der Waals surface area contributed by atoms with E-state index < -0.39 is 23.4 Å². The van der Waals surface area contributed by atoms with E-state index in [4.69, 9.17) is 14.7 Å². The third-order valence-corrected chi connectivity index (χ3v) is 4.42. The first-order valence-corrected chi connectivity index (χ1v) is 7.80. The second kappa shape index (κ2) is 6.33. The van der Waals surface area contributed by atoms with Crippen molar-refractivity contribution in [3.8, 4) is 23.6 Å². The Kier molecular flexibility index (Phi) is 4.20. The van der Waals surface area contributed by atoms with Crippen LogP contribution in [0.5, 0.6) is 11.5 Å². The molecule has 1 fully saturated rings. The number of fused-ring (bicyclic) bond motifs is 1. The van der Waals surface area contributed by atoms with Gasteiger partial charge in [-0.25, -0.2) is 4.79 Å². The molecule has 3 rings (SSSR count). The summed E-state index contributed by atoms with van der Waals surface area (Å²) in [6.45, 7) is 1.69. The summed E-state index contributed by atoms with van der Waals surface area (Å²) in [6.07, 6.45) is 0.506. The first-order chi connectivity index (χ1) is 12.0. The number of nitriles is 2. The summed E-state index contributed by atoms with van der Waals surface area (Å²) in [5.41, 5.74) is -0.670. The number of hydrogen-bond acceptors (Lipinski definition) is 6. The van der Waals surface area contributed by atoms with Gasteiger partial charge in [0.05, 0.1) is 18.1 Å². The molecule has 0 aliphatic carbocycles. The Morgan fingerprint density at radius 3 is 2.80 bits per heavy atom. The molecule has 1 aromatic carbocycles. The van der Waals surface area contributed by atoms with E-state index in [1.807, 2.05) is 12.1 Å². The Labute approximate surface area is 144 Å². The van der Waals surface area contributed by atoms with Crippen molar-refractivity contribution in [3.05, 3.63) is 23.8 Å². The predicted octanol–water partition coefficient (Wildman–Crippen LogP) is 1.63. The standard InChI is InChI=1S/C17H16N4O4/c1-17(12-4-5-13-14(7-12)25-10-24-13)15(22)21(16(23)20-17)9-11(8-19)3-2-6-18/h4-5,7,11H,2-3,9-10H2,1H3,(H,20,23). The zero-order valence-corrected chi connectivity index (χ0v) is 13.6. The summed E-state index contributed by atoms with van der Waals surface area (Å²) in [6, 6.07) is 8.52. The molecule has 2 aliphatic rings. The quantitative estimate of drug-likeness (QED) is 0.814. The van der Waals surface area contributed by atoms with Crippen LogP contribution in [0.15, 0.2) is 18.2 Å². The zero-order chi connectivity index (χ0) is 18.0. The third kappa shape index (κ3) is 2.83. The van der Waals surface area contributed by atoms with Crippen molar-refractivity contribution in [2.45, 2.75) is 25.3 Å². The smallest absolute Gasteiger partial charge is 0.325 e. The van der Waals surface area contributed by atoms with E-state index in [2.05, 4.69) is 5.32 Å². The largest absolute Gasteiger partial charge is 0.454 e. The van der Waals surface area contributed by atoms with Gasteiger partial charge in [0.1, 0.15) is 5.54 Å². The van der Waals surface area contributed by atoms with Gasteiger partial charge in [-0.15, -0.1) is 0 Å². The van der Waals surface area contributed by atoms with Gasteiger partial charge in [-0.1, -0.05) is 6.07 Å². The molecule has 2 heterocycles. The number of hydrogen-bond donors (Lipinski definition) is 1. The highest BCUT2D eigenvalue weighted by atomic mass is 16.7. The SMILES string of the molecule is CC1(c2ccc3c(c2)OCO3)NC(=O)N(CC(C#N)CCC#N)C1=O. The van der Waals surface area contributed by atoms with Crippen LogP contribution in [0.4, 0.5) is 4.79 Å². The van der Waals surface area contributed by atoms with E-state index in [9.17, 15) is 14.9 Å². The highest BCUT2D eigenvalue weighted by Crippen LogP contribution is 2.38. The molecule has 0 bridgehead atoms. The van der Waals surface area contributed by atoms with Crippen molar-refractivity contribution in [2.75, 3.05) is 13.3 Å². The molecule has 128 valence electrons. The number of amides is 3. The topological polar surface area (TPSA) is 115 Å². The highest BCUT2D eigenvalue weighted by Gasteiger charge is 2.49. The molecule has 0 aromatic heterocycles. The van der Waals surface area contributed by atoms with Crippen LogP contribution in [0.3, 0.4) is 0 Å². The maximum Gasteiger partial charge on any atom is 0.325 e. The van der Waals surface area contributed by atoms with Crippen LogP contribution < -0.4 is 14.8 Å². The van der Waals surface area contributed by atoms with Gasteiger partial charge < -0.3 is 14.8 Å². The number of nitrogens with zero attached hydrogens (tertiary/aromatic N) is 3. The Balaban J connectivity index is 1.82. The van der Waals surface area contributed by atoms with Gasteiger partial charge in [0.2, 0.25) is 6.79 Å². The molecule has 0 spiro atoms. The lowest BCUT2D eigenvalue weighted by Crippen LogP contribution is -2.41. The maximum atomic E-state index is 12.9. The molecule has 8 heteroatoms. The number of imide groups is 1. The van der Waals surface area contributed by atoms with Crippen LogP contribution in [0.25, 0.3) is 0 Å². The number of ether oxygens (including phenoxy) is 2. The molecule has 3 amide bonds. The molecule has 2 unspecified atom stereocenters. The molecule has 1 saturated heterocycles. The Bertz CT molecular complexity index is 810. The number of rotatable bonds is 5. The average Bonchev–Trinajstić information content (AvgIpc) is 3.16. The lowest BCUT2D eigenvalue weighted by Gasteiger charge is -2.23. The van der Waals surface area contributed by atoms with Crippen LogP contribution in [0, 0.1) is 28.6 Å². The summed E-state index contributed by atoms with van der Waals surface area (Å²) in [5, 5.41) is 20.5. The number of carbonyl (C=O) groups excluding carboxylic acids is 2. The first kappa shape index (κ1) is 16.6. The zero-order valence-electron chi connectivity index (χ0n) is 13.6. The molecule has 0 radical (unpaired) electrons. The number of carbonyl (C=O) groups is 2. The molecular weight excluding hydrogens is 324 g/mol. The van der Waals surface area contributed by atoms with Crippen molar-refractivity contribution in [2.24, 2.45) is 5.92 Å². The monoisotopic (exact) mass is 340 g/mol. The predicted molar refractivity (Wildman–Crippen MR) is 84.1 cm³/mol. The third-order valence-electron chi connectivity index (χ3n) is 4.42. The Hall–Kier alpha value is -3.26. The molecular formula is C17H16N4O4. The van der Waals surface area contributed by atoms with Crippen LogP contribution in [0.1, 0.15) is 25.3 Å². The Morgan fingerprint density at radius 2 is 2.08 bits per heavy atom. The fourth-order valence-electron chi connectivity index (χ4n) is 2.92. The van der Waals surface area contributed by atoms with E-state index in [0.717, 1.165) is 4.90 Å². The average molecular weight is 340 g/mol. The minimum atomic E-state index is -1.24. The van der Waals surface area contributed by atoms with Gasteiger partial charge in [0.25, 0.3) is 5.91 Å². The fourth-order valence-corrected chi connectivity index (χ4v) is 2.92. The second-order valence-corrected chi connectivity index (χ2v) is 6.06. The van der Waals surface area contributed by atoms with Gasteiger partial charge in [-0.3, -0.25) is 9.69 Å². The molecule has 1 aromatic rings. The first-order valence-electron chi connectivity index (χ1n) is 7.80. The summed E-state index contributed by atoms with van der Waals surface area (Å²) in [5.74, 6) is 0.0900. The maximum absolute atomic E-state index is 12.9. The van der Waals surface area contributed by atoms with Crippen LogP contribution in [-0.4, -0.2) is 30.2 Å². The van der Waals surface area contributed by atoms with Gasteiger partial charge in [-0.2, -0.15) is 10.5 Å². The second-order valence-electron chi connectivity index (χ2n) is 6.06. The van der Waals surface area contributed by atoms with Crippen LogP contribution >= 0.6 is 0 Å². The normalized spacial score (nSPS) is 22.3. The Morgan fingerprint density at radius 1 is 1.32 bits per heavy atom. The minimum Gasteiger partial charge on any atom is -0.454 e. The number of benzene rings is 1.